The van der Waals surface area contributed by atoms with Gasteiger partial charge in [0.1, 0.15) is 35.2 Å². The maximum Gasteiger partial charge on any atom is 0.319 e. The van der Waals surface area contributed by atoms with Gasteiger partial charge < -0.3 is 20.1 Å². The van der Waals surface area contributed by atoms with E-state index in [1.807, 2.05) is 4.90 Å². The van der Waals surface area contributed by atoms with Gasteiger partial charge in [0.05, 0.1) is 16.5 Å². The number of fused-ring (bicyclic) bond motifs is 5. The Morgan fingerprint density at radius 3 is 2.96 bits per heavy atom. The standard InChI is InChI=1S/C36H34F4N6O2/c1-3-24-27(37)7-6-20-12-23(47)13-25(28(20)24)30-29(38)31-26(15-41-30)33(45-17-22-8-10-35(4-2,18-45)44-22)43-34(42-31)48-19-36-9-5-11-46(36)16-21(14-36)32(39)40/h1,6-7,12-13,15,22,44,47H,4-5,8-11,14,16-19H2,2H3/t22-,35+,36-/m0/s1/i2D3,4D2. The average molecular weight is 664 g/mol. The molecular formula is C36H34F4N6O2. The van der Waals surface area contributed by atoms with Crippen LogP contribution >= 0.6 is 0 Å². The number of pyridine rings is 1. The van der Waals surface area contributed by atoms with E-state index in [1.54, 1.807) is 4.90 Å². The fraction of sp³-hybridized carbons (Fsp3) is 0.417. The van der Waals surface area contributed by atoms with Gasteiger partial charge in [-0.05, 0) is 68.6 Å². The number of phenolic OH excluding ortho intramolecular Hbond substituents is 1. The molecule has 0 amide bonds. The Balaban J connectivity index is 1.28. The van der Waals surface area contributed by atoms with Crippen LogP contribution in [-0.4, -0.2) is 74.9 Å². The quantitative estimate of drug-likeness (QED) is 0.184. The predicted molar refractivity (Wildman–Crippen MR) is 174 cm³/mol. The molecule has 3 atom stereocenters. The van der Waals surface area contributed by atoms with Crippen molar-refractivity contribution in [1.29, 1.82) is 0 Å². The third-order valence-electron chi connectivity index (χ3n) is 10.3. The maximum atomic E-state index is 17.1. The van der Waals surface area contributed by atoms with E-state index >= 15 is 4.39 Å². The zero-order valence-corrected chi connectivity index (χ0v) is 25.7. The molecule has 0 spiro atoms. The smallest absolute Gasteiger partial charge is 0.319 e. The number of nitrogens with one attached hydrogen (secondary N) is 1. The molecule has 248 valence electrons. The molecule has 8 rings (SSSR count). The first kappa shape index (κ1) is 25.5. The van der Waals surface area contributed by atoms with E-state index in [0.717, 1.165) is 12.5 Å². The van der Waals surface area contributed by atoms with E-state index in [0.29, 0.717) is 24.8 Å². The van der Waals surface area contributed by atoms with Gasteiger partial charge in [-0.25, -0.2) is 8.78 Å². The van der Waals surface area contributed by atoms with Crippen LogP contribution in [0.4, 0.5) is 23.4 Å². The van der Waals surface area contributed by atoms with Crippen LogP contribution in [0.25, 0.3) is 32.9 Å². The Bertz CT molecular complexity index is 2260. The lowest BCUT2D eigenvalue weighted by molar-refractivity contribution is 0.108. The van der Waals surface area contributed by atoms with Gasteiger partial charge >= 0.3 is 6.01 Å². The molecule has 0 aliphatic carbocycles. The minimum Gasteiger partial charge on any atom is -0.508 e. The van der Waals surface area contributed by atoms with Crippen LogP contribution in [-0.2, 0) is 0 Å². The molecule has 48 heavy (non-hydrogen) atoms. The summed E-state index contributed by atoms with van der Waals surface area (Å²) in [7, 11) is 0. The number of aromatic nitrogens is 3. The summed E-state index contributed by atoms with van der Waals surface area (Å²) in [5.41, 5.74) is -2.97. The summed E-state index contributed by atoms with van der Waals surface area (Å²) in [4.78, 5) is 17.2. The highest BCUT2D eigenvalue weighted by molar-refractivity contribution is 6.03. The lowest BCUT2D eigenvalue weighted by atomic mass is 9.93. The van der Waals surface area contributed by atoms with Crippen LogP contribution in [0.1, 0.15) is 57.7 Å². The Morgan fingerprint density at radius 2 is 2.15 bits per heavy atom. The number of hydrogen-bond donors (Lipinski definition) is 2. The second kappa shape index (κ2) is 11.3. The molecule has 4 saturated heterocycles. The van der Waals surface area contributed by atoms with Crippen LogP contribution in [0.3, 0.4) is 0 Å². The fourth-order valence-electron chi connectivity index (χ4n) is 8.11. The van der Waals surface area contributed by atoms with E-state index < -0.39 is 42.0 Å². The summed E-state index contributed by atoms with van der Waals surface area (Å²) in [5, 5.41) is 14.4. The van der Waals surface area contributed by atoms with Gasteiger partial charge in [0.15, 0.2) is 5.82 Å². The van der Waals surface area contributed by atoms with Gasteiger partial charge in [-0.3, -0.25) is 9.88 Å². The SMILES string of the molecule is [2H]C([2H])([2H])C([2H])([2H])[C@@]12CC[C@@H](CN(c3nc(OC[C@@]45CCCN4CC(=C(F)F)C5)nc4c(F)c(-c5cc(O)cc6ccc(F)c(C#C)c56)ncc34)C1)N2. The second-order valence-electron chi connectivity index (χ2n) is 13.2. The van der Waals surface area contributed by atoms with E-state index in [1.165, 1.54) is 24.4 Å². The van der Waals surface area contributed by atoms with Crippen molar-refractivity contribution in [2.75, 3.05) is 37.7 Å². The number of rotatable bonds is 6. The molecule has 0 saturated carbocycles. The largest absolute Gasteiger partial charge is 0.508 e. The van der Waals surface area contributed by atoms with Crippen molar-refractivity contribution in [3.05, 3.63) is 59.3 Å². The summed E-state index contributed by atoms with van der Waals surface area (Å²) in [6.45, 7) is -2.23. The van der Waals surface area contributed by atoms with Crippen LogP contribution < -0.4 is 15.0 Å². The monoisotopic (exact) mass is 663 g/mol. The Hall–Kier alpha value is -4.47. The fourth-order valence-corrected chi connectivity index (χ4v) is 8.11. The maximum absolute atomic E-state index is 17.1. The van der Waals surface area contributed by atoms with Crippen LogP contribution in [0.5, 0.6) is 11.8 Å². The van der Waals surface area contributed by atoms with Gasteiger partial charge in [0, 0.05) is 60.8 Å². The number of aromatic hydroxyl groups is 1. The number of nitrogens with zero attached hydrogens (tertiary/aromatic N) is 5. The van der Waals surface area contributed by atoms with Crippen LogP contribution in [0.2, 0.25) is 0 Å². The summed E-state index contributed by atoms with van der Waals surface area (Å²) < 4.78 is 107. The van der Waals surface area contributed by atoms with E-state index in [-0.39, 0.29) is 101 Å². The lowest BCUT2D eigenvalue weighted by Crippen LogP contribution is -2.59. The molecule has 4 aromatic rings. The highest BCUT2D eigenvalue weighted by Crippen LogP contribution is 2.44. The molecule has 2 N–H and O–H groups in total. The van der Waals surface area contributed by atoms with Crippen LogP contribution in [0.15, 0.2) is 42.1 Å². The summed E-state index contributed by atoms with van der Waals surface area (Å²) in [6, 6.07) is 4.52. The number of terminal acetylenes is 1. The Kier molecular flexibility index (Phi) is 6.02. The summed E-state index contributed by atoms with van der Waals surface area (Å²) in [6.07, 6.45) is 4.74. The first-order valence-corrected chi connectivity index (χ1v) is 15.8. The molecule has 4 aliphatic rings. The molecule has 12 heteroatoms. The highest BCUT2D eigenvalue weighted by atomic mass is 19.3. The molecule has 4 aliphatic heterocycles. The minimum atomic E-state index is -2.97. The van der Waals surface area contributed by atoms with Gasteiger partial charge in [-0.2, -0.15) is 18.7 Å². The molecule has 8 nitrogen and oxygen atoms in total. The Labute approximate surface area is 281 Å². The molecule has 6 heterocycles. The Morgan fingerprint density at radius 1 is 1.27 bits per heavy atom. The predicted octanol–water partition coefficient (Wildman–Crippen LogP) is 6.30. The highest BCUT2D eigenvalue weighted by Gasteiger charge is 2.49. The minimum absolute atomic E-state index is 0.00136. The van der Waals surface area contributed by atoms with Gasteiger partial charge in [0.2, 0.25) is 0 Å². The molecule has 4 fully saturated rings. The number of hydrogen-bond acceptors (Lipinski definition) is 8. The van der Waals surface area contributed by atoms with Crippen molar-refractivity contribution in [3.8, 4) is 35.4 Å². The van der Waals surface area contributed by atoms with E-state index in [9.17, 15) is 18.3 Å². The third kappa shape index (κ3) is 4.86. The summed E-state index contributed by atoms with van der Waals surface area (Å²) in [5.74, 6) is 0.455. The van der Waals surface area contributed by atoms with Crippen molar-refractivity contribution in [2.24, 2.45) is 0 Å². The normalized spacial score (nSPS) is 27.3. The summed E-state index contributed by atoms with van der Waals surface area (Å²) >= 11 is 0. The second-order valence-corrected chi connectivity index (χ2v) is 13.2. The molecule has 0 radical (unpaired) electrons. The van der Waals surface area contributed by atoms with E-state index in [2.05, 4.69) is 26.2 Å². The zero-order valence-electron chi connectivity index (χ0n) is 30.7. The zero-order chi connectivity index (χ0) is 37.7. The van der Waals surface area contributed by atoms with Crippen molar-refractivity contribution in [2.45, 2.75) is 62.4 Å². The van der Waals surface area contributed by atoms with Gasteiger partial charge in [-0.15, -0.1) is 6.42 Å². The third-order valence-corrected chi connectivity index (χ3v) is 10.3. The van der Waals surface area contributed by atoms with E-state index in [4.69, 9.17) is 18.0 Å². The molecule has 0 unspecified atom stereocenters. The van der Waals surface area contributed by atoms with Crippen molar-refractivity contribution in [1.82, 2.24) is 25.2 Å². The number of phenols is 1. The molecular weight excluding hydrogens is 624 g/mol. The lowest BCUT2D eigenvalue weighted by Gasteiger charge is -2.42. The number of benzene rings is 2. The average Bonchev–Trinajstić information content (AvgIpc) is 3.77. The molecule has 2 aromatic heterocycles. The van der Waals surface area contributed by atoms with Crippen LogP contribution in [0, 0.1) is 24.0 Å². The first-order chi connectivity index (χ1) is 25.1. The van der Waals surface area contributed by atoms with Gasteiger partial charge in [0.25, 0.3) is 6.08 Å². The van der Waals surface area contributed by atoms with Crippen molar-refractivity contribution in [3.63, 3.8) is 0 Å². The van der Waals surface area contributed by atoms with Crippen molar-refractivity contribution < 1.29 is 34.3 Å². The molecule has 2 aromatic carbocycles. The first-order valence-electron chi connectivity index (χ1n) is 18.3. The van der Waals surface area contributed by atoms with Gasteiger partial charge in [-0.1, -0.05) is 18.8 Å². The topological polar surface area (TPSA) is 86.6 Å². The number of halogens is 4. The molecule has 2 bridgehead atoms. The van der Waals surface area contributed by atoms with Crippen molar-refractivity contribution >= 4 is 27.5 Å². The number of ether oxygens (including phenoxy) is 1. The number of piperazine rings is 1. The number of anilines is 1.